The quantitative estimate of drug-likeness (QED) is 0.120. The van der Waals surface area contributed by atoms with Crippen LogP contribution in [0.5, 0.6) is 0 Å². The summed E-state index contributed by atoms with van der Waals surface area (Å²) < 4.78 is 157. The van der Waals surface area contributed by atoms with E-state index >= 15 is 0 Å². The molecule has 0 fully saturated rings. The fourth-order valence-electron chi connectivity index (χ4n) is 5.84. The molecule has 6 aromatic carbocycles. The fraction of sp³-hybridized carbons (Fsp3) is 0.279. The zero-order valence-corrected chi connectivity index (χ0v) is 35.7. The minimum Gasteiger partial charge on any atom is -0.214 e. The van der Waals surface area contributed by atoms with Crippen molar-refractivity contribution in [2.45, 2.75) is 77.1 Å². The molecule has 312 valence electrons. The van der Waals surface area contributed by atoms with Crippen LogP contribution in [0.25, 0.3) is 21.5 Å². The first-order chi connectivity index (χ1) is 26.4. The molecule has 0 bridgehead atoms. The van der Waals surface area contributed by atoms with E-state index in [9.17, 15) is 52.7 Å². The molecule has 6 rings (SSSR count). The monoisotopic (exact) mass is 940 g/mol. The topological polar surface area (TPSA) is 0 Å². The minimum absolute atomic E-state index is 0.142. The molecule has 0 N–H and O–H groups in total. The van der Waals surface area contributed by atoms with Gasteiger partial charge in [-0.15, -0.1) is 39.7 Å². The SMILES string of the molecule is CC(C)(C)c1ccc2[cH-]c3ccc(C(C)(C)C)cc3c2c1.FC(F)(F)c1cc([C](c2cc(C(F)(F)F)cc(C(F)(F)F)c2)=[Zr]([Cl])[Cl])cc(C(F)(F)F)c1.c1cc[cH-]c1. The molecule has 0 unspecified atom stereocenters. The van der Waals surface area contributed by atoms with Crippen LogP contribution in [-0.4, -0.2) is 3.21 Å². The summed E-state index contributed by atoms with van der Waals surface area (Å²) in [6.07, 6.45) is -21.2. The molecule has 0 aliphatic rings. The number of rotatable bonds is 2. The number of fused-ring (bicyclic) bond motifs is 3. The van der Waals surface area contributed by atoms with Crippen molar-refractivity contribution in [3.8, 4) is 0 Å². The Morgan fingerprint density at radius 2 is 0.759 bits per heavy atom. The van der Waals surface area contributed by atoms with E-state index in [1.54, 1.807) is 0 Å². The summed E-state index contributed by atoms with van der Waals surface area (Å²) in [4.78, 5) is 0. The zero-order chi connectivity index (χ0) is 43.8. The first kappa shape index (κ1) is 47.3. The molecule has 0 amide bonds. The van der Waals surface area contributed by atoms with Gasteiger partial charge in [0.05, 0.1) is 0 Å². The Bertz CT molecular complexity index is 2150. The average Bonchev–Trinajstić information content (AvgIpc) is 3.78. The average molecular weight is 943 g/mol. The van der Waals surface area contributed by atoms with Crippen LogP contribution in [0.4, 0.5) is 52.7 Å². The number of benzene rings is 4. The Labute approximate surface area is 342 Å². The first-order valence-electron chi connectivity index (χ1n) is 17.3. The van der Waals surface area contributed by atoms with E-state index in [0.717, 1.165) is 0 Å². The van der Waals surface area contributed by atoms with Crippen molar-refractivity contribution in [1.29, 1.82) is 0 Å². The Morgan fingerprint density at radius 3 is 0.983 bits per heavy atom. The summed E-state index contributed by atoms with van der Waals surface area (Å²) in [7, 11) is 11.6. The maximum absolute atomic E-state index is 13.1. The van der Waals surface area contributed by atoms with Gasteiger partial charge in [0.25, 0.3) is 0 Å². The van der Waals surface area contributed by atoms with Gasteiger partial charge >= 0.3 is 186 Å². The van der Waals surface area contributed by atoms with E-state index in [1.165, 1.54) is 32.7 Å². The van der Waals surface area contributed by atoms with E-state index in [-0.39, 0.29) is 47.2 Å². The first-order valence-corrected chi connectivity index (χ1v) is 24.9. The van der Waals surface area contributed by atoms with Crippen LogP contribution in [-0.2, 0) is 54.4 Å². The van der Waals surface area contributed by atoms with Crippen molar-refractivity contribution >= 4 is 41.8 Å². The van der Waals surface area contributed by atoms with Crippen LogP contribution in [0.1, 0.15) is 86.1 Å². The van der Waals surface area contributed by atoms with E-state index in [0.29, 0.717) is 0 Å². The molecular formula is C43H36Cl2F12Zr-2. The maximum atomic E-state index is 13.1. The Hall–Kier alpha value is -3.41. The van der Waals surface area contributed by atoms with Crippen LogP contribution < -0.4 is 0 Å². The Balaban J connectivity index is 0.000000242. The molecule has 0 aromatic heterocycles. The van der Waals surface area contributed by atoms with Gasteiger partial charge in [-0.25, -0.2) is 12.1 Å². The molecule has 6 aromatic rings. The van der Waals surface area contributed by atoms with Gasteiger partial charge in [-0.05, 0) is 10.8 Å². The largest absolute Gasteiger partial charge is 0.214 e. The molecule has 0 aliphatic carbocycles. The smallest absolute Gasteiger partial charge is 0.172 e. The number of hydrogen-bond acceptors (Lipinski definition) is 0. The molecular weight excluding hydrogens is 907 g/mol. The second-order valence-electron chi connectivity index (χ2n) is 15.4. The van der Waals surface area contributed by atoms with Crippen LogP contribution in [0, 0.1) is 0 Å². The van der Waals surface area contributed by atoms with Gasteiger partial charge < -0.3 is 0 Å². The Kier molecular flexibility index (Phi) is 14.1. The van der Waals surface area contributed by atoms with Crippen molar-refractivity contribution in [1.82, 2.24) is 0 Å². The van der Waals surface area contributed by atoms with E-state index < -0.39 is 80.2 Å². The van der Waals surface area contributed by atoms with Gasteiger partial charge in [-0.1, -0.05) is 76.9 Å². The minimum atomic E-state index is -5.31. The summed E-state index contributed by atoms with van der Waals surface area (Å²) in [5.74, 6) is 0. The fourth-order valence-corrected chi connectivity index (χ4v) is 10.2. The van der Waals surface area contributed by atoms with E-state index in [2.05, 4.69) is 84.0 Å². The van der Waals surface area contributed by atoms with Crippen LogP contribution in [0.3, 0.4) is 0 Å². The molecule has 0 spiro atoms. The standard InChI is InChI=1S/C21H25.C17H6F12.C5H5.2ClH.Zr/c1-20(2,3)16-9-7-14-11-15-8-10-17(21(4,5)6)13-19(15)18(14)12-16;18-14(19,20)10-2-8(3-11(6-10)15(21,22)23)1-9-4-12(16(24,25)26)7-13(5-9)17(27,28)29;1-2-4-5-3-1;;;/h7-13H,1-6H3;2-7H;1-5H;2*1H;/q-1;;-1;;;+2/p-2. The molecule has 15 heteroatoms. The Morgan fingerprint density at radius 1 is 0.448 bits per heavy atom. The third-order valence-electron chi connectivity index (χ3n) is 8.94. The molecule has 0 radical (unpaired) electrons. The normalized spacial score (nSPS) is 12.8. The van der Waals surface area contributed by atoms with Crippen molar-refractivity contribution in [3.63, 3.8) is 0 Å². The zero-order valence-electron chi connectivity index (χ0n) is 31.7. The second-order valence-corrected chi connectivity index (χ2v) is 23.6. The number of alkyl halides is 12. The van der Waals surface area contributed by atoms with E-state index in [1.807, 2.05) is 30.3 Å². The molecule has 0 saturated heterocycles. The van der Waals surface area contributed by atoms with Gasteiger partial charge in [-0.2, -0.15) is 18.2 Å². The molecule has 0 saturated carbocycles. The predicted molar refractivity (Wildman–Crippen MR) is 204 cm³/mol. The number of halogens is 14. The molecule has 0 aliphatic heterocycles. The third-order valence-corrected chi connectivity index (χ3v) is 13.5. The van der Waals surface area contributed by atoms with Crippen LogP contribution in [0.2, 0.25) is 0 Å². The molecule has 58 heavy (non-hydrogen) atoms. The van der Waals surface area contributed by atoms with Crippen molar-refractivity contribution in [3.05, 3.63) is 154 Å². The van der Waals surface area contributed by atoms with Crippen molar-refractivity contribution in [2.24, 2.45) is 0 Å². The summed E-state index contributed by atoms with van der Waals surface area (Å²) in [6.45, 7) is 13.7. The predicted octanol–water partition coefficient (Wildman–Crippen LogP) is 16.0. The van der Waals surface area contributed by atoms with Gasteiger partial charge in [-0.3, -0.25) is 0 Å². The summed E-state index contributed by atoms with van der Waals surface area (Å²) in [6, 6.07) is 26.2. The van der Waals surface area contributed by atoms with Crippen LogP contribution >= 0.6 is 17.0 Å². The molecule has 0 atom stereocenters. The maximum Gasteiger partial charge on any atom is -0.172 e. The van der Waals surface area contributed by atoms with Crippen molar-refractivity contribution < 1.29 is 71.6 Å². The third kappa shape index (κ3) is 12.1. The summed E-state index contributed by atoms with van der Waals surface area (Å²) >= 11 is -4.29. The van der Waals surface area contributed by atoms with Gasteiger partial charge in [0, 0.05) is 0 Å². The second kappa shape index (κ2) is 17.3. The molecule has 0 heterocycles. The summed E-state index contributed by atoms with van der Waals surface area (Å²) in [5, 5.41) is 5.49. The summed E-state index contributed by atoms with van der Waals surface area (Å²) in [5.41, 5.74) is -6.08. The van der Waals surface area contributed by atoms with E-state index in [4.69, 9.17) is 17.0 Å². The number of hydrogen-bond donors (Lipinski definition) is 0. The van der Waals surface area contributed by atoms with Crippen LogP contribution in [0.15, 0.2) is 109 Å². The molecule has 0 nitrogen and oxygen atoms in total. The van der Waals surface area contributed by atoms with Gasteiger partial charge in [0.2, 0.25) is 0 Å². The van der Waals surface area contributed by atoms with Crippen molar-refractivity contribution in [2.75, 3.05) is 0 Å². The van der Waals surface area contributed by atoms with Gasteiger partial charge in [0.15, 0.2) is 0 Å². The van der Waals surface area contributed by atoms with Gasteiger partial charge in [0.1, 0.15) is 0 Å².